The monoisotopic (exact) mass is 354 g/mol. The van der Waals surface area contributed by atoms with Gasteiger partial charge < -0.3 is 14.8 Å². The number of hydrogen-bond donors (Lipinski definition) is 2. The molecule has 0 aromatic heterocycles. The number of hydrogen-bond acceptors (Lipinski definition) is 5. The summed E-state index contributed by atoms with van der Waals surface area (Å²) in [5.41, 5.74) is 4.70. The first kappa shape index (κ1) is 18.2. The second kappa shape index (κ2) is 9.90. The van der Waals surface area contributed by atoms with Crippen LogP contribution in [0.1, 0.15) is 11.1 Å². The van der Waals surface area contributed by atoms with Crippen LogP contribution in [0.2, 0.25) is 0 Å². The van der Waals surface area contributed by atoms with E-state index >= 15 is 0 Å². The molecule has 0 radical (unpaired) electrons. The van der Waals surface area contributed by atoms with Gasteiger partial charge in [-0.2, -0.15) is 10.4 Å². The summed E-state index contributed by atoms with van der Waals surface area (Å²) in [4.78, 5) is 0. The number of nitrogens with zero attached hydrogens (tertiary/aromatic N) is 2. The predicted molar refractivity (Wildman–Crippen MR) is 101 cm³/mol. The van der Waals surface area contributed by atoms with Crippen molar-refractivity contribution >= 4 is 23.5 Å². The SMILES string of the molecule is COc1cc(/C=N/NC(=S)NCc2ccccc2)ccc1OCC#N. The molecule has 0 spiro atoms. The van der Waals surface area contributed by atoms with E-state index < -0.39 is 0 Å². The number of nitriles is 1. The molecule has 2 N–H and O–H groups in total. The van der Waals surface area contributed by atoms with Crippen molar-refractivity contribution in [2.45, 2.75) is 6.54 Å². The number of thiocarbonyl (C=S) groups is 1. The molecule has 25 heavy (non-hydrogen) atoms. The molecule has 0 bridgehead atoms. The van der Waals surface area contributed by atoms with E-state index in [4.69, 9.17) is 27.0 Å². The third-order valence-electron chi connectivity index (χ3n) is 3.16. The minimum Gasteiger partial charge on any atom is -0.493 e. The van der Waals surface area contributed by atoms with Crippen LogP contribution in [0.3, 0.4) is 0 Å². The van der Waals surface area contributed by atoms with Crippen LogP contribution in [0.4, 0.5) is 0 Å². The van der Waals surface area contributed by atoms with Gasteiger partial charge in [0.1, 0.15) is 6.07 Å². The van der Waals surface area contributed by atoms with Gasteiger partial charge in [0.2, 0.25) is 0 Å². The van der Waals surface area contributed by atoms with Gasteiger partial charge in [-0.05, 0) is 41.5 Å². The third kappa shape index (κ3) is 6.12. The van der Waals surface area contributed by atoms with Crippen LogP contribution in [-0.4, -0.2) is 25.0 Å². The van der Waals surface area contributed by atoms with Gasteiger partial charge in [0, 0.05) is 6.54 Å². The Hall–Kier alpha value is -3.11. The van der Waals surface area contributed by atoms with Crippen LogP contribution in [0.25, 0.3) is 0 Å². The lowest BCUT2D eigenvalue weighted by molar-refractivity contribution is 0.329. The van der Waals surface area contributed by atoms with E-state index in [1.54, 1.807) is 24.4 Å². The van der Waals surface area contributed by atoms with E-state index in [0.29, 0.717) is 23.2 Å². The molecule has 0 heterocycles. The maximum Gasteiger partial charge on any atom is 0.187 e. The summed E-state index contributed by atoms with van der Waals surface area (Å²) < 4.78 is 10.5. The van der Waals surface area contributed by atoms with Crippen LogP contribution in [-0.2, 0) is 6.54 Å². The molecule has 0 fully saturated rings. The molecule has 0 unspecified atom stereocenters. The minimum absolute atomic E-state index is 0.0350. The van der Waals surface area contributed by atoms with Crippen molar-refractivity contribution in [2.75, 3.05) is 13.7 Å². The summed E-state index contributed by atoms with van der Waals surface area (Å²) in [6, 6.07) is 17.2. The fraction of sp³-hybridized carbons (Fsp3) is 0.167. The van der Waals surface area contributed by atoms with Crippen LogP contribution in [0.5, 0.6) is 11.5 Å². The van der Waals surface area contributed by atoms with Crippen LogP contribution in [0, 0.1) is 11.3 Å². The topological polar surface area (TPSA) is 78.7 Å². The van der Waals surface area contributed by atoms with Crippen molar-refractivity contribution in [1.29, 1.82) is 5.26 Å². The normalized spacial score (nSPS) is 10.1. The van der Waals surface area contributed by atoms with E-state index in [2.05, 4.69) is 15.8 Å². The lowest BCUT2D eigenvalue weighted by atomic mass is 10.2. The fourth-order valence-electron chi connectivity index (χ4n) is 1.98. The van der Waals surface area contributed by atoms with Crippen molar-refractivity contribution in [3.05, 3.63) is 59.7 Å². The largest absolute Gasteiger partial charge is 0.493 e. The Balaban J connectivity index is 1.86. The average Bonchev–Trinajstić information content (AvgIpc) is 2.66. The number of benzene rings is 2. The van der Waals surface area contributed by atoms with Crippen molar-refractivity contribution in [3.8, 4) is 17.6 Å². The molecule has 0 atom stereocenters. The maximum absolute atomic E-state index is 8.57. The first-order valence-corrected chi connectivity index (χ1v) is 7.92. The molecule has 0 saturated heterocycles. The number of hydrazone groups is 1. The van der Waals surface area contributed by atoms with Gasteiger partial charge in [0.15, 0.2) is 23.2 Å². The highest BCUT2D eigenvalue weighted by Gasteiger charge is 2.04. The van der Waals surface area contributed by atoms with Crippen molar-refractivity contribution < 1.29 is 9.47 Å². The summed E-state index contributed by atoms with van der Waals surface area (Å²) in [5, 5.41) is 16.2. The zero-order valence-electron chi connectivity index (χ0n) is 13.7. The van der Waals surface area contributed by atoms with E-state index in [-0.39, 0.29) is 6.61 Å². The summed E-state index contributed by atoms with van der Waals surface area (Å²) in [6.45, 7) is 0.591. The summed E-state index contributed by atoms with van der Waals surface area (Å²) in [5.74, 6) is 1.04. The van der Waals surface area contributed by atoms with Gasteiger partial charge in [0.25, 0.3) is 0 Å². The molecule has 2 rings (SSSR count). The summed E-state index contributed by atoms with van der Waals surface area (Å²) in [6.07, 6.45) is 1.62. The standard InChI is InChI=1S/C18H18N4O2S/c1-23-17-11-15(7-8-16(17)24-10-9-19)13-21-22-18(25)20-12-14-5-3-2-4-6-14/h2-8,11,13H,10,12H2,1H3,(H2,20,22,25)/b21-13+. The highest BCUT2D eigenvalue weighted by molar-refractivity contribution is 7.80. The van der Waals surface area contributed by atoms with Gasteiger partial charge in [-0.15, -0.1) is 0 Å². The molecule has 2 aromatic carbocycles. The van der Waals surface area contributed by atoms with Crippen molar-refractivity contribution in [2.24, 2.45) is 5.10 Å². The number of ether oxygens (including phenoxy) is 2. The minimum atomic E-state index is -0.0350. The van der Waals surface area contributed by atoms with Gasteiger partial charge in [-0.25, -0.2) is 0 Å². The highest BCUT2D eigenvalue weighted by Crippen LogP contribution is 2.27. The molecule has 0 amide bonds. The predicted octanol–water partition coefficient (Wildman–Crippen LogP) is 2.60. The molecule has 128 valence electrons. The summed E-state index contributed by atoms with van der Waals surface area (Å²) >= 11 is 5.17. The lowest BCUT2D eigenvalue weighted by Crippen LogP contribution is -2.31. The van der Waals surface area contributed by atoms with Crippen molar-refractivity contribution in [1.82, 2.24) is 10.7 Å². The molecule has 0 saturated carbocycles. The van der Waals surface area contributed by atoms with E-state index in [0.717, 1.165) is 11.1 Å². The molecule has 0 aliphatic carbocycles. The second-order valence-electron chi connectivity index (χ2n) is 4.90. The van der Waals surface area contributed by atoms with Gasteiger partial charge >= 0.3 is 0 Å². The number of methoxy groups -OCH3 is 1. The fourth-order valence-corrected chi connectivity index (χ4v) is 2.10. The second-order valence-corrected chi connectivity index (χ2v) is 5.30. The van der Waals surface area contributed by atoms with Crippen LogP contribution >= 0.6 is 12.2 Å². The third-order valence-corrected chi connectivity index (χ3v) is 3.39. The Labute approximate surface area is 152 Å². The Morgan fingerprint density at radius 3 is 2.76 bits per heavy atom. The molecular formula is C18H18N4O2S. The smallest absolute Gasteiger partial charge is 0.187 e. The Morgan fingerprint density at radius 2 is 2.04 bits per heavy atom. The van der Waals surface area contributed by atoms with E-state index in [1.165, 1.54) is 7.11 Å². The van der Waals surface area contributed by atoms with Gasteiger partial charge in [-0.3, -0.25) is 5.43 Å². The van der Waals surface area contributed by atoms with Gasteiger partial charge in [0.05, 0.1) is 13.3 Å². The van der Waals surface area contributed by atoms with Gasteiger partial charge in [-0.1, -0.05) is 30.3 Å². The quantitative estimate of drug-likeness (QED) is 0.452. The Kier molecular flexibility index (Phi) is 7.22. The van der Waals surface area contributed by atoms with E-state index in [9.17, 15) is 0 Å². The first-order chi connectivity index (χ1) is 12.2. The van der Waals surface area contributed by atoms with Crippen LogP contribution in [0.15, 0.2) is 53.6 Å². The molecule has 6 nitrogen and oxygen atoms in total. The number of rotatable bonds is 7. The molecule has 0 aliphatic rings. The zero-order chi connectivity index (χ0) is 17.9. The maximum atomic E-state index is 8.57. The Bertz CT molecular complexity index is 772. The average molecular weight is 354 g/mol. The van der Waals surface area contributed by atoms with Crippen molar-refractivity contribution in [3.63, 3.8) is 0 Å². The highest BCUT2D eigenvalue weighted by atomic mass is 32.1. The molecule has 0 aliphatic heterocycles. The Morgan fingerprint density at radius 1 is 1.24 bits per heavy atom. The first-order valence-electron chi connectivity index (χ1n) is 7.51. The van der Waals surface area contributed by atoms with E-state index in [1.807, 2.05) is 36.4 Å². The number of nitrogens with one attached hydrogen (secondary N) is 2. The molecule has 2 aromatic rings. The molecule has 7 heteroatoms. The lowest BCUT2D eigenvalue weighted by Gasteiger charge is -2.09. The molecular weight excluding hydrogens is 336 g/mol. The zero-order valence-corrected chi connectivity index (χ0v) is 14.5. The van der Waals surface area contributed by atoms with Crippen LogP contribution < -0.4 is 20.2 Å². The summed E-state index contributed by atoms with van der Waals surface area (Å²) in [7, 11) is 1.54.